The van der Waals surface area contributed by atoms with Crippen LogP contribution in [-0.2, 0) is 0 Å². The van der Waals surface area contributed by atoms with Gasteiger partial charge in [-0.05, 0) is 37.0 Å². The summed E-state index contributed by atoms with van der Waals surface area (Å²) in [4.78, 5) is 0. The Morgan fingerprint density at radius 2 is 2.00 bits per heavy atom. The molecule has 1 rings (SSSR count). The molecular weight excluding hydrogens is 314 g/mol. The number of aliphatic hydroxyl groups excluding tert-OH is 1. The molecule has 102 valence electrons. The molecule has 0 amide bonds. The molecule has 0 bridgehead atoms. The molecule has 0 aliphatic heterocycles. The first-order valence-electron chi connectivity index (χ1n) is 6.26. The Balaban J connectivity index is 2.52. The third kappa shape index (κ3) is 5.27. The van der Waals surface area contributed by atoms with Crippen molar-refractivity contribution in [1.82, 2.24) is 5.32 Å². The van der Waals surface area contributed by atoms with Crippen molar-refractivity contribution in [3.63, 3.8) is 0 Å². The number of hydrogen-bond acceptors (Lipinski definition) is 2. The fourth-order valence-corrected chi connectivity index (χ4v) is 2.74. The number of rotatable bonds is 6. The summed E-state index contributed by atoms with van der Waals surface area (Å²) in [6, 6.07) is 6.00. The van der Waals surface area contributed by atoms with Crippen LogP contribution >= 0.6 is 27.5 Å². The summed E-state index contributed by atoms with van der Waals surface area (Å²) >= 11 is 9.58. The zero-order valence-corrected chi connectivity index (χ0v) is 13.4. The molecule has 2 atom stereocenters. The summed E-state index contributed by atoms with van der Waals surface area (Å²) in [6.45, 7) is 6.86. The van der Waals surface area contributed by atoms with Crippen LogP contribution in [0.15, 0.2) is 22.7 Å². The molecule has 0 aromatic heterocycles. The molecule has 2 N–H and O–H groups in total. The van der Waals surface area contributed by atoms with Crippen LogP contribution in [0.5, 0.6) is 0 Å². The lowest BCUT2D eigenvalue weighted by Gasteiger charge is -2.19. The Bertz CT molecular complexity index is 384. The Kier molecular flexibility index (Phi) is 6.64. The Morgan fingerprint density at radius 3 is 2.56 bits per heavy atom. The molecule has 0 fully saturated rings. The first-order valence-corrected chi connectivity index (χ1v) is 7.43. The fourth-order valence-electron chi connectivity index (χ4n) is 1.90. The highest BCUT2D eigenvalue weighted by Crippen LogP contribution is 2.26. The Morgan fingerprint density at radius 1 is 1.33 bits per heavy atom. The lowest BCUT2D eigenvalue weighted by molar-refractivity contribution is 0.143. The summed E-state index contributed by atoms with van der Waals surface area (Å²) in [5, 5.41) is 13.9. The standard InChI is InChI=1S/C14H21BrClNO/c1-9(2)6-12(18)8-17-10(3)13-5-4-11(15)7-14(13)16/h4-5,7,9-10,12,17-18H,6,8H2,1-3H3. The molecule has 2 nitrogen and oxygen atoms in total. The summed E-state index contributed by atoms with van der Waals surface area (Å²) in [6.07, 6.45) is 0.509. The van der Waals surface area contributed by atoms with Crippen LogP contribution in [0.1, 0.15) is 38.8 Å². The normalized spacial score (nSPS) is 14.8. The zero-order chi connectivity index (χ0) is 13.7. The highest BCUT2D eigenvalue weighted by atomic mass is 79.9. The second-order valence-electron chi connectivity index (χ2n) is 5.08. The van der Waals surface area contributed by atoms with Gasteiger partial charge in [0.2, 0.25) is 0 Å². The maximum atomic E-state index is 9.83. The van der Waals surface area contributed by atoms with E-state index in [1.54, 1.807) is 0 Å². The minimum Gasteiger partial charge on any atom is -0.392 e. The molecule has 4 heteroatoms. The van der Waals surface area contributed by atoms with E-state index >= 15 is 0 Å². The minimum atomic E-state index is -0.304. The van der Waals surface area contributed by atoms with Crippen LogP contribution in [0, 0.1) is 5.92 Å². The van der Waals surface area contributed by atoms with Gasteiger partial charge in [-0.15, -0.1) is 0 Å². The van der Waals surface area contributed by atoms with E-state index in [9.17, 15) is 5.11 Å². The van der Waals surface area contributed by atoms with Gasteiger partial charge in [-0.3, -0.25) is 0 Å². The van der Waals surface area contributed by atoms with Gasteiger partial charge in [0.15, 0.2) is 0 Å². The van der Waals surface area contributed by atoms with E-state index in [-0.39, 0.29) is 12.1 Å². The highest BCUT2D eigenvalue weighted by Gasteiger charge is 2.12. The summed E-state index contributed by atoms with van der Waals surface area (Å²) in [7, 11) is 0. The maximum absolute atomic E-state index is 9.83. The van der Waals surface area contributed by atoms with Crippen molar-refractivity contribution in [2.24, 2.45) is 5.92 Å². The summed E-state index contributed by atoms with van der Waals surface area (Å²) < 4.78 is 0.975. The van der Waals surface area contributed by atoms with Gasteiger partial charge in [0, 0.05) is 22.1 Å². The highest BCUT2D eigenvalue weighted by molar-refractivity contribution is 9.10. The van der Waals surface area contributed by atoms with Crippen molar-refractivity contribution >= 4 is 27.5 Å². The average molecular weight is 335 g/mol. The molecule has 0 heterocycles. The molecule has 18 heavy (non-hydrogen) atoms. The van der Waals surface area contributed by atoms with Gasteiger partial charge in [0.1, 0.15) is 0 Å². The van der Waals surface area contributed by atoms with Crippen LogP contribution in [0.25, 0.3) is 0 Å². The number of hydrogen-bond donors (Lipinski definition) is 2. The molecule has 0 radical (unpaired) electrons. The SMILES string of the molecule is CC(C)CC(O)CNC(C)c1ccc(Br)cc1Cl. The van der Waals surface area contributed by atoms with Gasteiger partial charge in [-0.2, -0.15) is 0 Å². The largest absolute Gasteiger partial charge is 0.392 e. The number of aliphatic hydroxyl groups is 1. The van der Waals surface area contributed by atoms with E-state index in [4.69, 9.17) is 11.6 Å². The van der Waals surface area contributed by atoms with Crippen LogP contribution in [0.3, 0.4) is 0 Å². The van der Waals surface area contributed by atoms with Gasteiger partial charge in [0.25, 0.3) is 0 Å². The lowest BCUT2D eigenvalue weighted by Crippen LogP contribution is -2.30. The molecule has 1 aromatic rings. The number of benzene rings is 1. The number of nitrogens with one attached hydrogen (secondary N) is 1. The van der Waals surface area contributed by atoms with Crippen molar-refractivity contribution in [2.75, 3.05) is 6.54 Å². The first-order chi connectivity index (χ1) is 8.40. The second-order valence-corrected chi connectivity index (χ2v) is 6.40. The van der Waals surface area contributed by atoms with E-state index in [0.717, 1.165) is 21.5 Å². The Labute approximate surface area is 123 Å². The van der Waals surface area contributed by atoms with Gasteiger partial charge >= 0.3 is 0 Å². The topological polar surface area (TPSA) is 32.3 Å². The van der Waals surface area contributed by atoms with E-state index in [2.05, 4.69) is 42.0 Å². The molecule has 0 saturated heterocycles. The van der Waals surface area contributed by atoms with E-state index in [0.29, 0.717) is 12.5 Å². The smallest absolute Gasteiger partial charge is 0.0667 e. The average Bonchev–Trinajstić information content (AvgIpc) is 2.25. The molecular formula is C14H21BrClNO. The van der Waals surface area contributed by atoms with Crippen molar-refractivity contribution in [3.8, 4) is 0 Å². The summed E-state index contributed by atoms with van der Waals surface area (Å²) in [5.74, 6) is 0.508. The van der Waals surface area contributed by atoms with Crippen molar-refractivity contribution in [3.05, 3.63) is 33.3 Å². The van der Waals surface area contributed by atoms with Crippen molar-refractivity contribution in [1.29, 1.82) is 0 Å². The molecule has 0 spiro atoms. The molecule has 0 saturated carbocycles. The molecule has 2 unspecified atom stereocenters. The van der Waals surface area contributed by atoms with Gasteiger partial charge in [-0.25, -0.2) is 0 Å². The van der Waals surface area contributed by atoms with Crippen LogP contribution < -0.4 is 5.32 Å². The van der Waals surface area contributed by atoms with E-state index in [1.807, 2.05) is 18.2 Å². The van der Waals surface area contributed by atoms with Crippen molar-refractivity contribution in [2.45, 2.75) is 39.3 Å². The third-order valence-electron chi connectivity index (χ3n) is 2.83. The maximum Gasteiger partial charge on any atom is 0.0667 e. The molecule has 0 aliphatic carbocycles. The first kappa shape index (κ1) is 16.0. The van der Waals surface area contributed by atoms with Crippen LogP contribution in [0.4, 0.5) is 0 Å². The summed E-state index contributed by atoms with van der Waals surface area (Å²) in [5.41, 5.74) is 1.05. The minimum absolute atomic E-state index is 0.132. The predicted molar refractivity (Wildman–Crippen MR) is 81.0 cm³/mol. The number of halogens is 2. The molecule has 1 aromatic carbocycles. The Hall–Kier alpha value is -0.0900. The van der Waals surface area contributed by atoms with Gasteiger partial charge < -0.3 is 10.4 Å². The monoisotopic (exact) mass is 333 g/mol. The molecule has 0 aliphatic rings. The van der Waals surface area contributed by atoms with Gasteiger partial charge in [-0.1, -0.05) is 47.4 Å². The second kappa shape index (κ2) is 7.49. The van der Waals surface area contributed by atoms with Gasteiger partial charge in [0.05, 0.1) is 6.10 Å². The van der Waals surface area contributed by atoms with Crippen LogP contribution in [-0.4, -0.2) is 17.8 Å². The quantitative estimate of drug-likeness (QED) is 0.818. The fraction of sp³-hybridized carbons (Fsp3) is 0.571. The van der Waals surface area contributed by atoms with Crippen molar-refractivity contribution < 1.29 is 5.11 Å². The third-order valence-corrected chi connectivity index (χ3v) is 3.65. The predicted octanol–water partition coefficient (Wildman–Crippen LogP) is 4.16. The van der Waals surface area contributed by atoms with Crippen LogP contribution in [0.2, 0.25) is 5.02 Å². The van der Waals surface area contributed by atoms with E-state index < -0.39 is 0 Å². The van der Waals surface area contributed by atoms with E-state index in [1.165, 1.54) is 0 Å². The zero-order valence-electron chi connectivity index (χ0n) is 11.1. The lowest BCUT2D eigenvalue weighted by atomic mass is 10.0.